The molecular weight excluding hydrogens is 1120 g/mol. The molecule has 0 N–H and O–H groups in total. The van der Waals surface area contributed by atoms with E-state index in [4.69, 9.17) is 28.4 Å². The van der Waals surface area contributed by atoms with E-state index in [2.05, 4.69) is 230 Å². The zero-order chi connectivity index (χ0) is 59.7. The van der Waals surface area contributed by atoms with Crippen LogP contribution in [-0.2, 0) is 0 Å². The van der Waals surface area contributed by atoms with Crippen LogP contribution in [0.15, 0.2) is 188 Å². The lowest BCUT2D eigenvalue weighted by Crippen LogP contribution is -2.75. The van der Waals surface area contributed by atoms with Gasteiger partial charge in [0.25, 0.3) is 0 Å². The van der Waals surface area contributed by atoms with Crippen LogP contribution in [0.4, 0.5) is 0 Å². The van der Waals surface area contributed by atoms with Crippen molar-refractivity contribution in [1.29, 1.82) is 0 Å². The van der Waals surface area contributed by atoms with Gasteiger partial charge in [-0.1, -0.05) is 272 Å². The molecular formula is C78H85O6Si3. The number of hydrogen-bond acceptors (Lipinski definition) is 6. The van der Waals surface area contributed by atoms with E-state index in [1.807, 2.05) is 0 Å². The number of ether oxygens (including phenoxy) is 6. The van der Waals surface area contributed by atoms with E-state index in [0.29, 0.717) is 39.6 Å². The summed E-state index contributed by atoms with van der Waals surface area (Å²) in [6.45, 7) is 16.8. The maximum absolute atomic E-state index is 7.96. The van der Waals surface area contributed by atoms with Crippen LogP contribution in [0.1, 0.15) is 119 Å². The summed E-state index contributed by atoms with van der Waals surface area (Å²) < 4.78 is 46.8. The molecule has 0 unspecified atom stereocenters. The fourth-order valence-electron chi connectivity index (χ4n) is 14.1. The Labute approximate surface area is 520 Å². The normalized spacial score (nSPS) is 13.4. The molecule has 0 saturated heterocycles. The molecule has 0 aromatic heterocycles. The molecule has 2 heterocycles. The Morgan fingerprint density at radius 3 is 0.920 bits per heavy atom. The summed E-state index contributed by atoms with van der Waals surface area (Å²) in [5.41, 5.74) is 0. The van der Waals surface area contributed by atoms with E-state index in [-0.39, 0.29) is 0 Å². The lowest BCUT2D eigenvalue weighted by atomic mass is 9.92. The van der Waals surface area contributed by atoms with E-state index in [9.17, 15) is 0 Å². The molecule has 10 aromatic rings. The van der Waals surface area contributed by atoms with E-state index in [1.165, 1.54) is 84.0 Å². The van der Waals surface area contributed by atoms with Gasteiger partial charge in [0.1, 0.15) is 0 Å². The SMILES string of the molecule is CCCCOc1cc2c3c([Si](c4ccccc4)c4ccccc4)c(OCCCC)c(OCCCC)c4c3c3c(c(OCCCC)c(OCCCC)c5c3c2c(c1OCCCC)[Si]5(c1ccccc1)c1ccccc1)[Si]4(c1ccccc1)c1ccccc1. The Balaban J connectivity index is 1.48. The number of unbranched alkanes of at least 4 members (excludes halogenated alkanes) is 6. The monoisotopic (exact) mass is 1200 g/mol. The molecule has 9 heteroatoms. The average molecular weight is 1200 g/mol. The van der Waals surface area contributed by atoms with Crippen LogP contribution in [0.2, 0.25) is 0 Å². The van der Waals surface area contributed by atoms with Crippen molar-refractivity contribution in [2.24, 2.45) is 0 Å². The highest BCUT2D eigenvalue weighted by Crippen LogP contribution is 2.52. The van der Waals surface area contributed by atoms with Crippen molar-refractivity contribution in [2.45, 2.75) is 119 Å². The van der Waals surface area contributed by atoms with Gasteiger partial charge in [0.2, 0.25) is 0 Å². The molecule has 2 aliphatic heterocycles. The van der Waals surface area contributed by atoms with E-state index >= 15 is 0 Å². The third-order valence-corrected chi connectivity index (χ3v) is 30.5. The first kappa shape index (κ1) is 59.7. The summed E-state index contributed by atoms with van der Waals surface area (Å²) in [5.74, 6) is 5.11. The van der Waals surface area contributed by atoms with Gasteiger partial charge in [0.15, 0.2) is 59.4 Å². The number of hydrogen-bond donors (Lipinski definition) is 0. The minimum absolute atomic E-state index is 0.527. The molecule has 12 rings (SSSR count). The molecule has 0 spiro atoms. The second-order valence-electron chi connectivity index (χ2n) is 23.6. The van der Waals surface area contributed by atoms with Gasteiger partial charge in [0.05, 0.1) is 39.6 Å². The van der Waals surface area contributed by atoms with E-state index in [0.717, 1.165) is 117 Å². The zero-order valence-corrected chi connectivity index (χ0v) is 55.1. The number of benzene rings is 10. The standard InChI is InChI=1S/C78H85O6Si3/c1-7-13-49-79-63-55-62-64-66-68-67-65(62)75(69(63)80-50-14-8-2)86(58-41-29-21-30-42-58,59-43-31-22-32-44-59)77(67)72(83-53-17-11-5)73(84-54-18-12-6)78(68)87(60-45-33-23-34-46-60,61-47-35-24-36-48-61)76(66)71(82-52-16-10-4)70(81-51-15-9-3)74(64)85(56-37-25-19-26-38-56)57-39-27-20-28-40-57/h19-48,55H,7-18,49-54H2,1-6H3. The first-order chi connectivity index (χ1) is 43.1. The van der Waals surface area contributed by atoms with Gasteiger partial charge in [-0.05, 0) is 97.7 Å². The van der Waals surface area contributed by atoms with Crippen molar-refractivity contribution in [2.75, 3.05) is 39.6 Å². The highest BCUT2D eigenvalue weighted by atomic mass is 28.3. The minimum atomic E-state index is -3.70. The van der Waals surface area contributed by atoms with Crippen molar-refractivity contribution in [3.8, 4) is 34.5 Å². The summed E-state index contributed by atoms with van der Waals surface area (Å²) in [6.07, 6.45) is 11.2. The van der Waals surface area contributed by atoms with Gasteiger partial charge < -0.3 is 28.4 Å². The smallest absolute Gasteiger partial charge is 0.190 e. The van der Waals surface area contributed by atoms with Crippen LogP contribution in [-0.4, -0.2) is 64.6 Å². The predicted molar refractivity (Wildman–Crippen MR) is 373 cm³/mol. The first-order valence-corrected chi connectivity index (χ1v) is 38.2. The zero-order valence-electron chi connectivity index (χ0n) is 52.1. The number of fused-ring (bicyclic) bond motifs is 1. The third-order valence-electron chi connectivity index (χ3n) is 18.0. The molecule has 10 aromatic carbocycles. The molecule has 0 fully saturated rings. The summed E-state index contributed by atoms with van der Waals surface area (Å²) in [4.78, 5) is 0. The molecule has 0 bridgehead atoms. The van der Waals surface area contributed by atoms with Gasteiger partial charge >= 0.3 is 0 Å². The van der Waals surface area contributed by atoms with Crippen LogP contribution in [0.3, 0.4) is 0 Å². The lowest BCUT2D eigenvalue weighted by molar-refractivity contribution is 0.264. The molecule has 87 heavy (non-hydrogen) atoms. The number of rotatable bonds is 31. The van der Waals surface area contributed by atoms with E-state index < -0.39 is 24.9 Å². The van der Waals surface area contributed by atoms with Gasteiger partial charge in [-0.25, -0.2) is 0 Å². The van der Waals surface area contributed by atoms with Crippen LogP contribution < -0.4 is 85.5 Å². The molecule has 0 amide bonds. The maximum Gasteiger partial charge on any atom is 0.190 e. The lowest BCUT2D eigenvalue weighted by Gasteiger charge is -2.37. The van der Waals surface area contributed by atoms with Gasteiger partial charge in [0, 0.05) is 25.9 Å². The summed E-state index contributed by atoms with van der Waals surface area (Å²) in [5, 5.41) is 21.1. The Morgan fingerprint density at radius 1 is 0.287 bits per heavy atom. The Kier molecular flexibility index (Phi) is 18.7. The maximum atomic E-state index is 7.96. The first-order valence-electron chi connectivity index (χ1n) is 32.7. The molecule has 0 aliphatic carbocycles. The quantitative estimate of drug-likeness (QED) is 0.0187. The summed E-state index contributed by atoms with van der Waals surface area (Å²) in [6, 6.07) is 71.0. The van der Waals surface area contributed by atoms with Crippen LogP contribution in [0.25, 0.3) is 32.3 Å². The molecule has 1 radical (unpaired) electrons. The second kappa shape index (κ2) is 27.2. The topological polar surface area (TPSA) is 55.4 Å². The molecule has 445 valence electrons. The van der Waals surface area contributed by atoms with E-state index in [1.54, 1.807) is 0 Å². The van der Waals surface area contributed by atoms with Crippen LogP contribution in [0.5, 0.6) is 34.5 Å². The van der Waals surface area contributed by atoms with Gasteiger partial charge in [-0.2, -0.15) is 0 Å². The highest BCUT2D eigenvalue weighted by molar-refractivity contribution is 7.27. The van der Waals surface area contributed by atoms with Crippen LogP contribution >= 0.6 is 0 Å². The molecule has 0 atom stereocenters. The largest absolute Gasteiger partial charge is 0.490 e. The van der Waals surface area contributed by atoms with Crippen molar-refractivity contribution < 1.29 is 28.4 Å². The Bertz CT molecular complexity index is 3760. The van der Waals surface area contributed by atoms with Gasteiger partial charge in [-0.3, -0.25) is 0 Å². The molecule has 6 nitrogen and oxygen atoms in total. The second-order valence-corrected chi connectivity index (χ2v) is 33.3. The third kappa shape index (κ3) is 10.3. The molecule has 2 aliphatic rings. The predicted octanol–water partition coefficient (Wildman–Crippen LogP) is 12.1. The average Bonchev–Trinajstić information content (AvgIpc) is 1.47. The fourth-order valence-corrected chi connectivity index (χ4v) is 27.8. The minimum Gasteiger partial charge on any atom is -0.490 e. The highest BCUT2D eigenvalue weighted by Gasteiger charge is 2.60. The van der Waals surface area contributed by atoms with Gasteiger partial charge in [-0.15, -0.1) is 0 Å². The fraction of sp³-hybridized carbons (Fsp3) is 0.308. The summed E-state index contributed by atoms with van der Waals surface area (Å²) in [7, 11) is -9.34. The Morgan fingerprint density at radius 2 is 0.563 bits per heavy atom. The van der Waals surface area contributed by atoms with Crippen molar-refractivity contribution >= 4 is 114 Å². The van der Waals surface area contributed by atoms with Crippen molar-refractivity contribution in [1.82, 2.24) is 0 Å². The van der Waals surface area contributed by atoms with Crippen molar-refractivity contribution in [3.05, 3.63) is 188 Å². The van der Waals surface area contributed by atoms with Crippen molar-refractivity contribution in [3.63, 3.8) is 0 Å². The molecule has 0 saturated carbocycles. The summed E-state index contributed by atoms with van der Waals surface area (Å²) >= 11 is 0. The van der Waals surface area contributed by atoms with Crippen LogP contribution in [0, 0.1) is 0 Å². The Hall–Kier alpha value is -7.57.